The summed E-state index contributed by atoms with van der Waals surface area (Å²) in [4.78, 5) is 119. The second-order valence-corrected chi connectivity index (χ2v) is 23.6. The molecule has 83 heavy (non-hydrogen) atoms. The van der Waals surface area contributed by atoms with Crippen LogP contribution in [0, 0.1) is 11.8 Å². The summed E-state index contributed by atoms with van der Waals surface area (Å²) >= 11 is 0. The van der Waals surface area contributed by atoms with Gasteiger partial charge in [-0.3, -0.25) is 19.2 Å². The number of hydrogen-bond donors (Lipinski definition) is 2. The Balaban J connectivity index is 1.64. The molecule has 2 heterocycles. The highest BCUT2D eigenvalue weighted by Gasteiger charge is 2.43. The lowest BCUT2D eigenvalue weighted by molar-refractivity contribution is -0.175. The molecule has 2 aliphatic rings. The van der Waals surface area contributed by atoms with Crippen LogP contribution in [0.15, 0.2) is 48.5 Å². The SMILES string of the molecule is CN[C@@H](CC(C)(C)F)C(=O)O[C@H](Cc1ccc(N2CCOCC2)cc1)C(=O)N(C)[C@@H](CC(C)C)C(=O)O[C@H](C)C(=O)N(C)[C@@H](CC(C)(C)F)C(=O)O[C@H](Cc1ccc(N2CCOCC2)cc1)C(=O)N(C)[C@@H](CC(C)C)C(=O)O[C@H](C)C(=O)O. The van der Waals surface area contributed by atoms with Crippen molar-refractivity contribution in [2.24, 2.45) is 11.8 Å². The number of hydrogen-bond acceptors (Lipinski definition) is 17. The first-order chi connectivity index (χ1) is 38.8. The van der Waals surface area contributed by atoms with Gasteiger partial charge < -0.3 is 63.3 Å². The highest BCUT2D eigenvalue weighted by Crippen LogP contribution is 2.27. The number of halogens is 2. The molecule has 2 aromatic carbocycles. The molecule has 0 radical (unpaired) electrons. The third-order valence-corrected chi connectivity index (χ3v) is 14.5. The van der Waals surface area contributed by atoms with Gasteiger partial charge in [0.15, 0.2) is 24.4 Å². The maximum atomic E-state index is 15.9. The van der Waals surface area contributed by atoms with E-state index in [4.69, 9.17) is 28.4 Å². The lowest BCUT2D eigenvalue weighted by Gasteiger charge is -2.35. The molecule has 4 rings (SSSR count). The van der Waals surface area contributed by atoms with Crippen molar-refractivity contribution < 1.29 is 80.7 Å². The summed E-state index contributed by atoms with van der Waals surface area (Å²) in [6.07, 6.45) is -7.66. The molecule has 3 amide bonds. The number of carboxylic acid groups (broad SMARTS) is 1. The Labute approximate surface area is 487 Å². The van der Waals surface area contributed by atoms with Gasteiger partial charge in [0.05, 0.1) is 26.4 Å². The highest BCUT2D eigenvalue weighted by atomic mass is 19.1. The number of carbonyl (C=O) groups is 8. The number of morpholine rings is 2. The van der Waals surface area contributed by atoms with Gasteiger partial charge >= 0.3 is 29.8 Å². The van der Waals surface area contributed by atoms with Gasteiger partial charge in [-0.05, 0) is 109 Å². The maximum absolute atomic E-state index is 15.9. The van der Waals surface area contributed by atoms with Gasteiger partial charge in [-0.25, -0.2) is 28.0 Å². The molecule has 2 N–H and O–H groups in total. The molecule has 21 nitrogen and oxygen atoms in total. The van der Waals surface area contributed by atoms with E-state index in [2.05, 4.69) is 15.1 Å². The van der Waals surface area contributed by atoms with Crippen molar-refractivity contribution in [3.05, 3.63) is 59.7 Å². The van der Waals surface area contributed by atoms with Gasteiger partial charge in [-0.2, -0.15) is 0 Å². The zero-order valence-corrected chi connectivity index (χ0v) is 50.9. The Bertz CT molecular complexity index is 2480. The van der Waals surface area contributed by atoms with Gasteiger partial charge in [0, 0.05) is 84.4 Å². The van der Waals surface area contributed by atoms with Crippen LogP contribution < -0.4 is 15.1 Å². The van der Waals surface area contributed by atoms with E-state index in [0.717, 1.165) is 26.1 Å². The smallest absolute Gasteiger partial charge is 0.344 e. The largest absolute Gasteiger partial charge is 0.479 e. The molecule has 2 saturated heterocycles. The lowest BCUT2D eigenvalue weighted by atomic mass is 9.98. The number of esters is 4. The summed E-state index contributed by atoms with van der Waals surface area (Å²) in [5.41, 5.74) is -0.978. The lowest BCUT2D eigenvalue weighted by Crippen LogP contribution is -2.54. The summed E-state index contributed by atoms with van der Waals surface area (Å²) < 4.78 is 64.7. The van der Waals surface area contributed by atoms with E-state index >= 15 is 4.39 Å². The van der Waals surface area contributed by atoms with Crippen LogP contribution in [0.5, 0.6) is 0 Å². The summed E-state index contributed by atoms with van der Waals surface area (Å²) in [6.45, 7) is 19.4. The van der Waals surface area contributed by atoms with E-state index < -0.39 is 114 Å². The van der Waals surface area contributed by atoms with E-state index in [9.17, 15) is 47.9 Å². The Morgan fingerprint density at radius 1 is 0.542 bits per heavy atom. The quantitative estimate of drug-likeness (QED) is 0.0740. The first-order valence-electron chi connectivity index (χ1n) is 28.5. The predicted molar refractivity (Wildman–Crippen MR) is 306 cm³/mol. The minimum Gasteiger partial charge on any atom is -0.479 e. The predicted octanol–water partition coefficient (Wildman–Crippen LogP) is 5.35. The van der Waals surface area contributed by atoms with Crippen LogP contribution in [-0.2, 0) is 79.6 Å². The molecule has 0 spiro atoms. The van der Waals surface area contributed by atoms with E-state index in [1.54, 1.807) is 52.0 Å². The second kappa shape index (κ2) is 31.4. The Morgan fingerprint density at radius 2 is 0.892 bits per heavy atom. The number of ether oxygens (including phenoxy) is 6. The van der Waals surface area contributed by atoms with Crippen LogP contribution in [0.3, 0.4) is 0 Å². The Hall–Kier alpha value is -6.46. The van der Waals surface area contributed by atoms with E-state index in [1.807, 2.05) is 24.3 Å². The number of benzene rings is 2. The minimum absolute atomic E-state index is 0.0149. The molecule has 0 saturated carbocycles. The molecule has 464 valence electrons. The molecular formula is C60H90F2N6O15. The van der Waals surface area contributed by atoms with E-state index in [1.165, 1.54) is 69.7 Å². The topological polar surface area (TPSA) is 240 Å². The van der Waals surface area contributed by atoms with E-state index in [-0.39, 0.29) is 43.9 Å². The van der Waals surface area contributed by atoms with Gasteiger partial charge in [0.1, 0.15) is 35.5 Å². The molecule has 2 aromatic rings. The van der Waals surface area contributed by atoms with Gasteiger partial charge in [-0.15, -0.1) is 0 Å². The third-order valence-electron chi connectivity index (χ3n) is 14.5. The molecule has 0 aromatic heterocycles. The van der Waals surface area contributed by atoms with Crippen LogP contribution in [0.4, 0.5) is 20.2 Å². The van der Waals surface area contributed by atoms with Gasteiger partial charge in [0.2, 0.25) is 0 Å². The van der Waals surface area contributed by atoms with Crippen molar-refractivity contribution in [2.75, 3.05) is 90.6 Å². The maximum Gasteiger partial charge on any atom is 0.344 e. The Morgan fingerprint density at radius 3 is 1.24 bits per heavy atom. The number of carbonyl (C=O) groups excluding carboxylic acids is 7. The number of alkyl halides is 2. The fourth-order valence-corrected chi connectivity index (χ4v) is 9.71. The average Bonchev–Trinajstić information content (AvgIpc) is 3.53. The summed E-state index contributed by atoms with van der Waals surface area (Å²) in [5, 5.41) is 12.3. The third kappa shape index (κ3) is 21.6. The van der Waals surface area contributed by atoms with Crippen molar-refractivity contribution in [1.29, 1.82) is 0 Å². The van der Waals surface area contributed by atoms with Crippen molar-refractivity contribution >= 4 is 58.9 Å². The number of nitrogens with zero attached hydrogens (tertiary/aromatic N) is 5. The monoisotopic (exact) mass is 1170 g/mol. The van der Waals surface area contributed by atoms with Crippen LogP contribution in [0.1, 0.15) is 106 Å². The number of carboxylic acids is 1. The minimum atomic E-state index is -2.14. The molecule has 0 bridgehead atoms. The second-order valence-electron chi connectivity index (χ2n) is 23.6. The number of rotatable bonds is 30. The molecule has 23 heteroatoms. The van der Waals surface area contributed by atoms with Crippen LogP contribution >= 0.6 is 0 Å². The first-order valence-corrected chi connectivity index (χ1v) is 28.5. The fraction of sp³-hybridized carbons (Fsp3) is 0.667. The normalized spacial score (nSPS) is 17.0. The number of anilines is 2. The van der Waals surface area contributed by atoms with Crippen LogP contribution in [-0.4, -0.2) is 208 Å². The standard InChI is InChI=1S/C60H90F2N6O15/c1-37(2)31-46(64(12)52(70)49(82-55(74)45(63-11)35-59(7,8)61)33-41-15-19-43(20-16-41)67-23-27-78-28-24-67)56(75)80-39(5)51(69)66(14)48(36-60(9,10)62)58(77)83-50(34-42-17-21-44(22-18-42)68-25-29-79-30-26-68)53(71)65(13)47(32-38(3)4)57(76)81-40(6)54(72)73/h15-22,37-40,45-50,63H,23-36H2,1-14H3,(H,72,73)/t39-,40-,45+,46+,47+,48+,49-,50-/m1/s1. The fourth-order valence-electron chi connectivity index (χ4n) is 9.71. The van der Waals surface area contributed by atoms with E-state index in [0.29, 0.717) is 63.7 Å². The van der Waals surface area contributed by atoms with Crippen molar-refractivity contribution in [2.45, 2.75) is 168 Å². The van der Waals surface area contributed by atoms with Gasteiger partial charge in [0.25, 0.3) is 17.7 Å². The first kappa shape index (κ1) is 69.0. The highest BCUT2D eigenvalue weighted by molar-refractivity contribution is 5.93. The van der Waals surface area contributed by atoms with Crippen LogP contribution in [0.25, 0.3) is 0 Å². The molecule has 8 atom stereocenters. The zero-order chi connectivity index (χ0) is 62.1. The average molecular weight is 1170 g/mol. The zero-order valence-electron chi connectivity index (χ0n) is 50.9. The molecule has 0 unspecified atom stereocenters. The molecule has 2 fully saturated rings. The van der Waals surface area contributed by atoms with Crippen molar-refractivity contribution in [3.8, 4) is 0 Å². The van der Waals surface area contributed by atoms with Crippen molar-refractivity contribution in [3.63, 3.8) is 0 Å². The number of likely N-dealkylation sites (N-methyl/N-ethyl adjacent to an activating group) is 4. The summed E-state index contributed by atoms with van der Waals surface area (Å²) in [7, 11) is 5.29. The number of amides is 3. The Kier molecular flexibility index (Phi) is 26.2. The number of aliphatic carboxylic acids is 1. The summed E-state index contributed by atoms with van der Waals surface area (Å²) in [6, 6.07) is 8.94. The van der Waals surface area contributed by atoms with Crippen molar-refractivity contribution in [1.82, 2.24) is 20.0 Å². The molecule has 2 aliphatic heterocycles. The molecule has 0 aliphatic carbocycles. The summed E-state index contributed by atoms with van der Waals surface area (Å²) in [5.74, 6) is -8.65. The molecular weight excluding hydrogens is 1080 g/mol. The van der Waals surface area contributed by atoms with Crippen LogP contribution in [0.2, 0.25) is 0 Å². The van der Waals surface area contributed by atoms with Gasteiger partial charge in [-0.1, -0.05) is 52.0 Å². The number of nitrogens with one attached hydrogen (secondary N) is 1.